The van der Waals surface area contributed by atoms with Crippen LogP contribution in [0.25, 0.3) is 0 Å². The Morgan fingerprint density at radius 3 is 2.33 bits per heavy atom. The van der Waals surface area contributed by atoms with Crippen molar-refractivity contribution in [3.05, 3.63) is 0 Å². The second kappa shape index (κ2) is 6.61. The van der Waals surface area contributed by atoms with Crippen LogP contribution >= 0.6 is 0 Å². The molecule has 1 atom stereocenters. The van der Waals surface area contributed by atoms with Gasteiger partial charge in [0, 0.05) is 6.54 Å². The Hall–Kier alpha value is -1.26. The summed E-state index contributed by atoms with van der Waals surface area (Å²) in [5.41, 5.74) is 0.224. The monoisotopic (exact) mass is 256 g/mol. The van der Waals surface area contributed by atoms with Crippen LogP contribution in [-0.2, 0) is 4.79 Å². The molecule has 0 spiro atoms. The molecule has 0 aromatic rings. The van der Waals surface area contributed by atoms with Crippen LogP contribution in [0.3, 0.4) is 0 Å². The van der Waals surface area contributed by atoms with Gasteiger partial charge in [-0.25, -0.2) is 9.59 Å². The number of nitrogens with one attached hydrogen (secondary N) is 2. The summed E-state index contributed by atoms with van der Waals surface area (Å²) in [6.45, 7) is 4.53. The topological polar surface area (TPSA) is 78.4 Å². The molecule has 1 aliphatic carbocycles. The molecule has 0 radical (unpaired) electrons. The number of aliphatic carboxylic acids is 1. The first-order valence-electron chi connectivity index (χ1n) is 6.80. The van der Waals surface area contributed by atoms with Crippen molar-refractivity contribution < 1.29 is 14.7 Å². The van der Waals surface area contributed by atoms with Crippen molar-refractivity contribution in [1.29, 1.82) is 0 Å². The summed E-state index contributed by atoms with van der Waals surface area (Å²) in [6, 6.07) is -1.17. The molecule has 1 aliphatic rings. The molecule has 0 aromatic carbocycles. The highest BCUT2D eigenvalue weighted by Crippen LogP contribution is 2.40. The van der Waals surface area contributed by atoms with Gasteiger partial charge in [-0.15, -0.1) is 0 Å². The summed E-state index contributed by atoms with van der Waals surface area (Å²) < 4.78 is 0. The fraction of sp³-hybridized carbons (Fsp3) is 0.846. The predicted octanol–water partition coefficient (Wildman–Crippen LogP) is 2.12. The maximum atomic E-state index is 11.6. The molecule has 0 aromatic heterocycles. The minimum atomic E-state index is -0.987. The van der Waals surface area contributed by atoms with Crippen molar-refractivity contribution in [3.8, 4) is 0 Å². The lowest BCUT2D eigenvalue weighted by atomic mass is 9.83. The number of carboxylic acid groups (broad SMARTS) is 1. The van der Waals surface area contributed by atoms with Crippen molar-refractivity contribution in [2.75, 3.05) is 6.54 Å². The van der Waals surface area contributed by atoms with E-state index in [2.05, 4.69) is 17.6 Å². The number of amides is 2. The van der Waals surface area contributed by atoms with Crippen LogP contribution in [0.5, 0.6) is 0 Å². The van der Waals surface area contributed by atoms with Gasteiger partial charge >= 0.3 is 12.0 Å². The van der Waals surface area contributed by atoms with Gasteiger partial charge in [-0.1, -0.05) is 26.7 Å². The van der Waals surface area contributed by atoms with Gasteiger partial charge in [0.25, 0.3) is 0 Å². The zero-order chi connectivity index (χ0) is 13.6. The average Bonchev–Trinajstić information content (AvgIpc) is 2.82. The van der Waals surface area contributed by atoms with E-state index in [0.717, 1.165) is 19.3 Å². The summed E-state index contributed by atoms with van der Waals surface area (Å²) in [6.07, 6.45) is 6.21. The molecule has 5 nitrogen and oxygen atoms in total. The van der Waals surface area contributed by atoms with E-state index < -0.39 is 12.0 Å². The van der Waals surface area contributed by atoms with Crippen LogP contribution in [0.4, 0.5) is 4.79 Å². The first-order valence-corrected chi connectivity index (χ1v) is 6.80. The molecule has 0 heterocycles. The van der Waals surface area contributed by atoms with Crippen LogP contribution in [-0.4, -0.2) is 29.7 Å². The van der Waals surface area contributed by atoms with E-state index in [4.69, 9.17) is 5.11 Å². The van der Waals surface area contributed by atoms with E-state index in [0.29, 0.717) is 13.0 Å². The standard InChI is InChI=1S/C13H24N2O3/c1-3-10(11(16)17)15-12(18)14-9-13(4-2)7-5-6-8-13/h10H,3-9H2,1-2H3,(H,16,17)(H2,14,15,18). The van der Waals surface area contributed by atoms with Crippen molar-refractivity contribution in [2.24, 2.45) is 5.41 Å². The lowest BCUT2D eigenvalue weighted by molar-refractivity contribution is -0.139. The fourth-order valence-electron chi connectivity index (χ4n) is 2.60. The molecule has 18 heavy (non-hydrogen) atoms. The van der Waals surface area contributed by atoms with Crippen LogP contribution < -0.4 is 10.6 Å². The SMILES string of the molecule is CCC(NC(=O)NCC1(CC)CCCC1)C(=O)O. The highest BCUT2D eigenvalue weighted by atomic mass is 16.4. The van der Waals surface area contributed by atoms with E-state index in [1.54, 1.807) is 6.92 Å². The number of carboxylic acids is 1. The maximum absolute atomic E-state index is 11.6. The van der Waals surface area contributed by atoms with Gasteiger partial charge in [0.15, 0.2) is 0 Å². The molecule has 104 valence electrons. The molecule has 1 fully saturated rings. The molecule has 0 aliphatic heterocycles. The first kappa shape index (κ1) is 14.8. The lowest BCUT2D eigenvalue weighted by Gasteiger charge is -2.28. The number of hydrogen-bond acceptors (Lipinski definition) is 2. The van der Waals surface area contributed by atoms with Gasteiger partial charge < -0.3 is 15.7 Å². The van der Waals surface area contributed by atoms with Crippen molar-refractivity contribution in [1.82, 2.24) is 10.6 Å². The van der Waals surface area contributed by atoms with Gasteiger partial charge in [0.2, 0.25) is 0 Å². The van der Waals surface area contributed by atoms with E-state index in [9.17, 15) is 9.59 Å². The van der Waals surface area contributed by atoms with E-state index >= 15 is 0 Å². The molecule has 3 N–H and O–H groups in total. The molecule has 0 saturated heterocycles. The number of carbonyl (C=O) groups excluding carboxylic acids is 1. The van der Waals surface area contributed by atoms with Gasteiger partial charge in [-0.05, 0) is 31.1 Å². The Morgan fingerprint density at radius 2 is 1.89 bits per heavy atom. The van der Waals surface area contributed by atoms with Crippen LogP contribution in [0, 0.1) is 5.41 Å². The minimum Gasteiger partial charge on any atom is -0.480 e. The highest BCUT2D eigenvalue weighted by Gasteiger charge is 2.32. The molecule has 2 amide bonds. The lowest BCUT2D eigenvalue weighted by Crippen LogP contribution is -2.48. The van der Waals surface area contributed by atoms with Gasteiger partial charge in [-0.3, -0.25) is 0 Å². The molecule has 0 bridgehead atoms. The predicted molar refractivity (Wildman–Crippen MR) is 69.4 cm³/mol. The van der Waals surface area contributed by atoms with Gasteiger partial charge in [-0.2, -0.15) is 0 Å². The zero-order valence-corrected chi connectivity index (χ0v) is 11.3. The third-order valence-electron chi connectivity index (χ3n) is 4.05. The highest BCUT2D eigenvalue weighted by molar-refractivity contribution is 5.82. The second-order valence-corrected chi connectivity index (χ2v) is 5.19. The summed E-state index contributed by atoms with van der Waals surface area (Å²) >= 11 is 0. The Kier molecular flexibility index (Phi) is 5.44. The third kappa shape index (κ3) is 3.89. The molecule has 5 heteroatoms. The molecule has 1 unspecified atom stereocenters. The fourth-order valence-corrected chi connectivity index (χ4v) is 2.60. The zero-order valence-electron chi connectivity index (χ0n) is 11.3. The largest absolute Gasteiger partial charge is 0.480 e. The van der Waals surface area contributed by atoms with Gasteiger partial charge in [0.1, 0.15) is 6.04 Å². The molecule has 1 saturated carbocycles. The van der Waals surface area contributed by atoms with E-state index in [1.165, 1.54) is 12.8 Å². The first-order chi connectivity index (χ1) is 8.53. The number of rotatable bonds is 6. The molecular formula is C13H24N2O3. The minimum absolute atomic E-state index is 0.224. The Balaban J connectivity index is 2.38. The van der Waals surface area contributed by atoms with Crippen molar-refractivity contribution >= 4 is 12.0 Å². The quantitative estimate of drug-likeness (QED) is 0.681. The maximum Gasteiger partial charge on any atom is 0.326 e. The van der Waals surface area contributed by atoms with Crippen LogP contribution in [0.1, 0.15) is 52.4 Å². The molecule has 1 rings (SSSR count). The number of carbonyl (C=O) groups is 2. The summed E-state index contributed by atoms with van der Waals surface area (Å²) in [7, 11) is 0. The molecular weight excluding hydrogens is 232 g/mol. The van der Waals surface area contributed by atoms with Crippen LogP contribution in [0.15, 0.2) is 0 Å². The number of hydrogen-bond donors (Lipinski definition) is 3. The third-order valence-corrected chi connectivity index (χ3v) is 4.05. The van der Waals surface area contributed by atoms with Crippen molar-refractivity contribution in [3.63, 3.8) is 0 Å². The Morgan fingerprint density at radius 1 is 1.28 bits per heavy atom. The smallest absolute Gasteiger partial charge is 0.326 e. The Bertz CT molecular complexity index is 299. The van der Waals surface area contributed by atoms with Gasteiger partial charge in [0.05, 0.1) is 0 Å². The van der Waals surface area contributed by atoms with E-state index in [-0.39, 0.29) is 11.4 Å². The number of urea groups is 1. The summed E-state index contributed by atoms with van der Waals surface area (Å²) in [5.74, 6) is -0.987. The van der Waals surface area contributed by atoms with Crippen LogP contribution in [0.2, 0.25) is 0 Å². The van der Waals surface area contributed by atoms with E-state index in [1.807, 2.05) is 0 Å². The average molecular weight is 256 g/mol. The Labute approximate surface area is 108 Å². The second-order valence-electron chi connectivity index (χ2n) is 5.19. The van der Waals surface area contributed by atoms with Crippen molar-refractivity contribution in [2.45, 2.75) is 58.4 Å². The normalized spacial score (nSPS) is 19.2. The summed E-state index contributed by atoms with van der Waals surface area (Å²) in [4.78, 5) is 22.4. The summed E-state index contributed by atoms with van der Waals surface area (Å²) in [5, 5.41) is 14.2.